The van der Waals surface area contributed by atoms with Gasteiger partial charge in [0.05, 0.1) is 12.7 Å². The van der Waals surface area contributed by atoms with E-state index in [4.69, 9.17) is 9.47 Å². The zero-order valence-corrected chi connectivity index (χ0v) is 10.9. The molecule has 2 nitrogen and oxygen atoms in total. The van der Waals surface area contributed by atoms with Crippen LogP contribution < -0.4 is 9.47 Å². The van der Waals surface area contributed by atoms with Crippen LogP contribution in [0.2, 0.25) is 0 Å². The monoisotopic (exact) mass is 222 g/mol. The number of para-hydroxylation sites is 1. The summed E-state index contributed by atoms with van der Waals surface area (Å²) in [5.41, 5.74) is 1.21. The van der Waals surface area contributed by atoms with Crippen molar-refractivity contribution in [2.75, 3.05) is 6.61 Å². The summed E-state index contributed by atoms with van der Waals surface area (Å²) in [4.78, 5) is 0. The number of ether oxygens (including phenoxy) is 2. The number of hydrogen-bond acceptors (Lipinski definition) is 2. The molecule has 0 radical (unpaired) electrons. The summed E-state index contributed by atoms with van der Waals surface area (Å²) in [6.07, 6.45) is 0.168. The van der Waals surface area contributed by atoms with Crippen molar-refractivity contribution in [2.24, 2.45) is 0 Å². The molecular weight excluding hydrogens is 200 g/mol. The summed E-state index contributed by atoms with van der Waals surface area (Å²) in [5.74, 6) is 2.19. The first-order valence-electron chi connectivity index (χ1n) is 5.98. The molecule has 0 N–H and O–H groups in total. The average Bonchev–Trinajstić information content (AvgIpc) is 2.19. The maximum absolute atomic E-state index is 5.76. The molecule has 0 fully saturated rings. The lowest BCUT2D eigenvalue weighted by Crippen LogP contribution is -2.08. The molecule has 0 aliphatic rings. The van der Waals surface area contributed by atoms with Crippen LogP contribution in [-0.4, -0.2) is 12.7 Å². The van der Waals surface area contributed by atoms with Gasteiger partial charge in [0.15, 0.2) is 11.5 Å². The Labute approximate surface area is 98.6 Å². The number of hydrogen-bond donors (Lipinski definition) is 0. The van der Waals surface area contributed by atoms with Gasteiger partial charge in [-0.3, -0.25) is 0 Å². The van der Waals surface area contributed by atoms with Crippen LogP contribution in [0.25, 0.3) is 0 Å². The van der Waals surface area contributed by atoms with E-state index >= 15 is 0 Å². The molecule has 1 aromatic carbocycles. The van der Waals surface area contributed by atoms with Crippen molar-refractivity contribution in [3.05, 3.63) is 23.8 Å². The van der Waals surface area contributed by atoms with E-state index < -0.39 is 0 Å². The standard InChI is InChI=1S/C14H22O2/c1-6-15-14-12(10(2)3)8-7-9-13(14)16-11(4)5/h7-11H,6H2,1-5H3. The van der Waals surface area contributed by atoms with Gasteiger partial charge in [-0.1, -0.05) is 26.0 Å². The van der Waals surface area contributed by atoms with Crippen LogP contribution in [0.4, 0.5) is 0 Å². The Bertz CT molecular complexity index is 330. The highest BCUT2D eigenvalue weighted by Crippen LogP contribution is 2.36. The Morgan fingerprint density at radius 2 is 1.81 bits per heavy atom. The van der Waals surface area contributed by atoms with Crippen LogP contribution in [0.5, 0.6) is 11.5 Å². The molecule has 0 aliphatic heterocycles. The normalized spacial score (nSPS) is 10.9. The summed E-state index contributed by atoms with van der Waals surface area (Å²) in [6, 6.07) is 6.09. The van der Waals surface area contributed by atoms with Gasteiger partial charge in [0, 0.05) is 5.56 Å². The van der Waals surface area contributed by atoms with Gasteiger partial charge in [-0.2, -0.15) is 0 Å². The van der Waals surface area contributed by atoms with Gasteiger partial charge in [-0.15, -0.1) is 0 Å². The SMILES string of the molecule is CCOc1c(OC(C)C)cccc1C(C)C. The van der Waals surface area contributed by atoms with Gasteiger partial charge in [0.1, 0.15) is 0 Å². The van der Waals surface area contributed by atoms with E-state index in [1.54, 1.807) is 0 Å². The Hall–Kier alpha value is -1.18. The van der Waals surface area contributed by atoms with E-state index in [9.17, 15) is 0 Å². The maximum atomic E-state index is 5.76. The third-order valence-corrected chi connectivity index (χ3v) is 2.28. The average molecular weight is 222 g/mol. The smallest absolute Gasteiger partial charge is 0.164 e. The molecule has 0 aromatic heterocycles. The van der Waals surface area contributed by atoms with Crippen molar-refractivity contribution in [3.8, 4) is 11.5 Å². The van der Waals surface area contributed by atoms with E-state index in [2.05, 4.69) is 19.9 Å². The van der Waals surface area contributed by atoms with Crippen LogP contribution >= 0.6 is 0 Å². The van der Waals surface area contributed by atoms with Gasteiger partial charge < -0.3 is 9.47 Å². The molecule has 0 aliphatic carbocycles. The van der Waals surface area contributed by atoms with Crippen molar-refractivity contribution < 1.29 is 9.47 Å². The zero-order chi connectivity index (χ0) is 12.1. The Balaban J connectivity index is 3.10. The fourth-order valence-electron chi connectivity index (χ4n) is 1.63. The minimum Gasteiger partial charge on any atom is -0.490 e. The predicted octanol–water partition coefficient (Wildman–Crippen LogP) is 4.00. The molecule has 0 heterocycles. The largest absolute Gasteiger partial charge is 0.490 e. The minimum atomic E-state index is 0.168. The summed E-state index contributed by atoms with van der Waals surface area (Å²) < 4.78 is 11.5. The molecule has 16 heavy (non-hydrogen) atoms. The first kappa shape index (κ1) is 12.9. The molecular formula is C14H22O2. The maximum Gasteiger partial charge on any atom is 0.164 e. The molecule has 0 spiro atoms. The third-order valence-electron chi connectivity index (χ3n) is 2.28. The second kappa shape index (κ2) is 5.78. The van der Waals surface area contributed by atoms with Crippen molar-refractivity contribution in [1.29, 1.82) is 0 Å². The molecule has 0 unspecified atom stereocenters. The highest BCUT2D eigenvalue weighted by atomic mass is 16.5. The fraction of sp³-hybridized carbons (Fsp3) is 0.571. The lowest BCUT2D eigenvalue weighted by molar-refractivity contribution is 0.222. The number of benzene rings is 1. The van der Waals surface area contributed by atoms with Crippen molar-refractivity contribution in [1.82, 2.24) is 0 Å². The lowest BCUT2D eigenvalue weighted by Gasteiger charge is -2.19. The first-order chi connectivity index (χ1) is 7.56. The van der Waals surface area contributed by atoms with E-state index in [0.717, 1.165) is 11.5 Å². The molecule has 90 valence electrons. The highest BCUT2D eigenvalue weighted by Gasteiger charge is 2.14. The summed E-state index contributed by atoms with van der Waals surface area (Å²) >= 11 is 0. The Morgan fingerprint density at radius 3 is 2.31 bits per heavy atom. The van der Waals surface area contributed by atoms with Crippen LogP contribution in [0.1, 0.15) is 46.1 Å². The van der Waals surface area contributed by atoms with E-state index in [1.807, 2.05) is 32.9 Å². The Kier molecular flexibility index (Phi) is 4.66. The highest BCUT2D eigenvalue weighted by molar-refractivity contribution is 5.48. The van der Waals surface area contributed by atoms with E-state index in [0.29, 0.717) is 12.5 Å². The van der Waals surface area contributed by atoms with Crippen LogP contribution in [0.3, 0.4) is 0 Å². The van der Waals surface area contributed by atoms with E-state index in [-0.39, 0.29) is 6.10 Å². The van der Waals surface area contributed by atoms with E-state index in [1.165, 1.54) is 5.56 Å². The minimum absolute atomic E-state index is 0.168. The van der Waals surface area contributed by atoms with Crippen LogP contribution in [-0.2, 0) is 0 Å². The topological polar surface area (TPSA) is 18.5 Å². The van der Waals surface area contributed by atoms with Crippen molar-refractivity contribution in [3.63, 3.8) is 0 Å². The molecule has 1 aromatic rings. The zero-order valence-electron chi connectivity index (χ0n) is 10.9. The number of rotatable bonds is 5. The molecule has 0 bridgehead atoms. The van der Waals surface area contributed by atoms with Gasteiger partial charge in [0.2, 0.25) is 0 Å². The van der Waals surface area contributed by atoms with Crippen molar-refractivity contribution >= 4 is 0 Å². The molecule has 0 saturated heterocycles. The predicted molar refractivity (Wildman–Crippen MR) is 67.5 cm³/mol. The fourth-order valence-corrected chi connectivity index (χ4v) is 1.63. The molecule has 0 amide bonds. The second-order valence-corrected chi connectivity index (χ2v) is 4.43. The molecule has 0 saturated carbocycles. The van der Waals surface area contributed by atoms with Crippen LogP contribution in [0, 0.1) is 0 Å². The van der Waals surface area contributed by atoms with Gasteiger partial charge in [0.25, 0.3) is 0 Å². The Morgan fingerprint density at radius 1 is 1.12 bits per heavy atom. The molecule has 1 rings (SSSR count). The van der Waals surface area contributed by atoms with Crippen LogP contribution in [0.15, 0.2) is 18.2 Å². The quantitative estimate of drug-likeness (QED) is 0.749. The van der Waals surface area contributed by atoms with Crippen molar-refractivity contribution in [2.45, 2.75) is 46.6 Å². The third kappa shape index (κ3) is 3.16. The first-order valence-corrected chi connectivity index (χ1v) is 5.98. The summed E-state index contributed by atoms with van der Waals surface area (Å²) in [6.45, 7) is 11.0. The van der Waals surface area contributed by atoms with Gasteiger partial charge in [-0.25, -0.2) is 0 Å². The lowest BCUT2D eigenvalue weighted by atomic mass is 10.0. The van der Waals surface area contributed by atoms with Gasteiger partial charge >= 0.3 is 0 Å². The summed E-state index contributed by atoms with van der Waals surface area (Å²) in [7, 11) is 0. The molecule has 0 atom stereocenters. The summed E-state index contributed by atoms with van der Waals surface area (Å²) in [5, 5.41) is 0. The second-order valence-electron chi connectivity index (χ2n) is 4.43. The van der Waals surface area contributed by atoms with Gasteiger partial charge in [-0.05, 0) is 32.8 Å². The molecule has 2 heteroatoms.